The first-order valence-corrected chi connectivity index (χ1v) is 8.49. The number of benzene rings is 1. The van der Waals surface area contributed by atoms with E-state index in [-0.39, 0.29) is 18.1 Å². The Morgan fingerprint density at radius 3 is 2.68 bits per heavy atom. The third kappa shape index (κ3) is 4.47. The summed E-state index contributed by atoms with van der Waals surface area (Å²) >= 11 is 0. The molecule has 0 saturated carbocycles. The Morgan fingerprint density at radius 1 is 1.24 bits per heavy atom. The highest BCUT2D eigenvalue weighted by Crippen LogP contribution is 2.20. The minimum atomic E-state index is -0.472. The van der Waals surface area contributed by atoms with Crippen molar-refractivity contribution in [3.63, 3.8) is 0 Å². The summed E-state index contributed by atoms with van der Waals surface area (Å²) < 4.78 is 18.6. The summed E-state index contributed by atoms with van der Waals surface area (Å²) in [6.45, 7) is 2.06. The van der Waals surface area contributed by atoms with Crippen LogP contribution in [0.4, 0.5) is 15.9 Å². The highest BCUT2D eigenvalue weighted by Gasteiger charge is 2.12. The van der Waals surface area contributed by atoms with Crippen LogP contribution in [0.3, 0.4) is 0 Å². The Labute approximate surface area is 146 Å². The minimum Gasteiger partial charge on any atom is -0.494 e. The molecule has 1 aromatic heterocycles. The molecule has 1 fully saturated rings. The van der Waals surface area contributed by atoms with Crippen molar-refractivity contribution in [3.8, 4) is 5.75 Å². The molecule has 0 atom stereocenters. The first-order chi connectivity index (χ1) is 12.2. The van der Waals surface area contributed by atoms with Gasteiger partial charge in [0.2, 0.25) is 5.91 Å². The average Bonchev–Trinajstić information content (AvgIpc) is 2.63. The van der Waals surface area contributed by atoms with Crippen molar-refractivity contribution in [2.24, 2.45) is 0 Å². The molecule has 1 aliphatic rings. The maximum Gasteiger partial charge on any atom is 0.228 e. The van der Waals surface area contributed by atoms with E-state index in [2.05, 4.69) is 15.2 Å². The molecular weight excluding hydrogens is 321 g/mol. The molecule has 132 valence electrons. The Hall–Kier alpha value is -2.63. The van der Waals surface area contributed by atoms with Gasteiger partial charge in [-0.15, -0.1) is 0 Å². The third-order valence-electron chi connectivity index (χ3n) is 4.29. The summed E-state index contributed by atoms with van der Waals surface area (Å²) in [5, 5.41) is 2.79. The van der Waals surface area contributed by atoms with Gasteiger partial charge < -0.3 is 15.0 Å². The molecule has 0 radical (unpaired) electrons. The average molecular weight is 343 g/mol. The van der Waals surface area contributed by atoms with Crippen molar-refractivity contribution >= 4 is 17.4 Å². The van der Waals surface area contributed by atoms with Crippen LogP contribution in [-0.2, 0) is 11.2 Å². The van der Waals surface area contributed by atoms with Crippen molar-refractivity contribution in [3.05, 3.63) is 47.9 Å². The zero-order chi connectivity index (χ0) is 17.6. The number of halogens is 1. The molecule has 1 N–H and O–H groups in total. The summed E-state index contributed by atoms with van der Waals surface area (Å²) in [4.78, 5) is 18.8. The van der Waals surface area contributed by atoms with Crippen molar-refractivity contribution < 1.29 is 13.9 Å². The minimum absolute atomic E-state index is 0.0921. The molecule has 3 rings (SSSR count). The molecule has 1 amide bonds. The standard InChI is InChI=1S/C19H22FN3O2/c1-25-17-7-5-14(11-16(17)20)12-19(24)22-15-6-8-18(21-13-15)23-9-3-2-4-10-23/h5-8,11,13H,2-4,9-10,12H2,1H3,(H,22,24). The number of carbonyl (C=O) groups excluding carboxylic acids is 1. The zero-order valence-corrected chi connectivity index (χ0v) is 14.3. The first kappa shape index (κ1) is 17.2. The van der Waals surface area contributed by atoms with E-state index in [1.165, 1.54) is 38.5 Å². The molecule has 2 aromatic rings. The molecule has 25 heavy (non-hydrogen) atoms. The lowest BCUT2D eigenvalue weighted by Crippen LogP contribution is -2.30. The lowest BCUT2D eigenvalue weighted by Gasteiger charge is -2.27. The van der Waals surface area contributed by atoms with E-state index in [4.69, 9.17) is 4.74 Å². The van der Waals surface area contributed by atoms with Crippen molar-refractivity contribution in [1.29, 1.82) is 0 Å². The lowest BCUT2D eigenvalue weighted by molar-refractivity contribution is -0.115. The van der Waals surface area contributed by atoms with Crippen molar-refractivity contribution in [1.82, 2.24) is 4.98 Å². The maximum atomic E-state index is 13.7. The van der Waals surface area contributed by atoms with Crippen molar-refractivity contribution in [2.45, 2.75) is 25.7 Å². The van der Waals surface area contributed by atoms with Crippen LogP contribution in [0.1, 0.15) is 24.8 Å². The molecule has 0 unspecified atom stereocenters. The molecule has 1 aromatic carbocycles. The highest BCUT2D eigenvalue weighted by atomic mass is 19.1. The molecule has 6 heteroatoms. The van der Waals surface area contributed by atoms with Gasteiger partial charge in [0, 0.05) is 13.1 Å². The van der Waals surface area contributed by atoms with E-state index in [1.807, 2.05) is 12.1 Å². The molecular formula is C19H22FN3O2. The SMILES string of the molecule is COc1ccc(CC(=O)Nc2ccc(N3CCCCC3)nc2)cc1F. The highest BCUT2D eigenvalue weighted by molar-refractivity contribution is 5.92. The number of hydrogen-bond donors (Lipinski definition) is 1. The van der Waals surface area contributed by atoms with Gasteiger partial charge in [-0.3, -0.25) is 4.79 Å². The van der Waals surface area contributed by atoms with E-state index in [0.717, 1.165) is 18.9 Å². The number of piperidine rings is 1. The van der Waals surface area contributed by atoms with Gasteiger partial charge in [0.25, 0.3) is 0 Å². The number of hydrogen-bond acceptors (Lipinski definition) is 4. The number of ether oxygens (including phenoxy) is 1. The monoisotopic (exact) mass is 343 g/mol. The number of nitrogens with zero attached hydrogens (tertiary/aromatic N) is 2. The summed E-state index contributed by atoms with van der Waals surface area (Å²) in [5.74, 6) is 0.425. The van der Waals surface area contributed by atoms with Crippen LogP contribution in [-0.4, -0.2) is 31.1 Å². The van der Waals surface area contributed by atoms with Crippen LogP contribution in [0.5, 0.6) is 5.75 Å². The predicted molar refractivity (Wildman–Crippen MR) is 95.6 cm³/mol. The van der Waals surface area contributed by atoms with Crippen LogP contribution in [0, 0.1) is 5.82 Å². The number of nitrogens with one attached hydrogen (secondary N) is 1. The van der Waals surface area contributed by atoms with Gasteiger partial charge in [-0.05, 0) is 49.1 Å². The van der Waals surface area contributed by atoms with Gasteiger partial charge in [-0.25, -0.2) is 9.37 Å². The Morgan fingerprint density at radius 2 is 2.04 bits per heavy atom. The fourth-order valence-corrected chi connectivity index (χ4v) is 2.98. The second-order valence-corrected chi connectivity index (χ2v) is 6.15. The largest absolute Gasteiger partial charge is 0.494 e. The zero-order valence-electron chi connectivity index (χ0n) is 14.3. The molecule has 5 nitrogen and oxygen atoms in total. The number of carbonyl (C=O) groups is 1. The maximum absolute atomic E-state index is 13.7. The van der Waals surface area contributed by atoms with Crippen LogP contribution in [0.2, 0.25) is 0 Å². The summed E-state index contributed by atoms with van der Waals surface area (Å²) in [7, 11) is 1.41. The fraction of sp³-hybridized carbons (Fsp3) is 0.368. The van der Waals surface area contributed by atoms with E-state index in [1.54, 1.807) is 12.3 Å². The smallest absolute Gasteiger partial charge is 0.228 e. The third-order valence-corrected chi connectivity index (χ3v) is 4.29. The second-order valence-electron chi connectivity index (χ2n) is 6.15. The molecule has 1 aliphatic heterocycles. The molecule has 1 saturated heterocycles. The van der Waals surface area contributed by atoms with Crippen LogP contribution in [0.25, 0.3) is 0 Å². The van der Waals surface area contributed by atoms with E-state index >= 15 is 0 Å². The Balaban J connectivity index is 1.58. The molecule has 2 heterocycles. The summed E-state index contributed by atoms with van der Waals surface area (Å²) in [6, 6.07) is 8.29. The normalized spacial score (nSPS) is 14.2. The van der Waals surface area contributed by atoms with Gasteiger partial charge in [0.15, 0.2) is 11.6 Å². The van der Waals surface area contributed by atoms with E-state index in [0.29, 0.717) is 11.3 Å². The Bertz CT molecular complexity index is 728. The quantitative estimate of drug-likeness (QED) is 0.904. The van der Waals surface area contributed by atoms with Crippen LogP contribution < -0.4 is 15.0 Å². The van der Waals surface area contributed by atoms with Gasteiger partial charge in [0.1, 0.15) is 5.82 Å². The first-order valence-electron chi connectivity index (χ1n) is 8.49. The topological polar surface area (TPSA) is 54.5 Å². The van der Waals surface area contributed by atoms with Gasteiger partial charge in [0.05, 0.1) is 25.4 Å². The summed E-state index contributed by atoms with van der Waals surface area (Å²) in [6.07, 6.45) is 5.42. The van der Waals surface area contributed by atoms with Gasteiger partial charge in [-0.1, -0.05) is 6.07 Å². The van der Waals surface area contributed by atoms with Gasteiger partial charge >= 0.3 is 0 Å². The molecule has 0 aliphatic carbocycles. The number of pyridine rings is 1. The number of methoxy groups -OCH3 is 1. The summed E-state index contributed by atoms with van der Waals surface area (Å²) in [5.41, 5.74) is 1.23. The van der Waals surface area contributed by atoms with Crippen molar-refractivity contribution in [2.75, 3.05) is 30.4 Å². The van der Waals surface area contributed by atoms with E-state index in [9.17, 15) is 9.18 Å². The number of amides is 1. The number of aromatic nitrogens is 1. The van der Waals surface area contributed by atoms with Crippen LogP contribution in [0.15, 0.2) is 36.5 Å². The lowest BCUT2D eigenvalue weighted by atomic mass is 10.1. The Kier molecular flexibility index (Phi) is 5.48. The fourth-order valence-electron chi connectivity index (χ4n) is 2.98. The molecule has 0 spiro atoms. The van der Waals surface area contributed by atoms with Crippen LogP contribution >= 0.6 is 0 Å². The number of anilines is 2. The molecule has 0 bridgehead atoms. The predicted octanol–water partition coefficient (Wildman–Crippen LogP) is 3.40. The number of rotatable bonds is 5. The van der Waals surface area contributed by atoms with Gasteiger partial charge in [-0.2, -0.15) is 0 Å². The second kappa shape index (κ2) is 7.96. The van der Waals surface area contributed by atoms with E-state index < -0.39 is 5.82 Å².